The van der Waals surface area contributed by atoms with Gasteiger partial charge in [0, 0.05) is 26.3 Å². The van der Waals surface area contributed by atoms with E-state index >= 15 is 0 Å². The molecule has 2 rings (SSSR count). The number of amides is 2. The fraction of sp³-hybridized carbons (Fsp3) is 0.231. The molecule has 2 heterocycles. The number of aromatic nitrogens is 3. The van der Waals surface area contributed by atoms with Crippen molar-refractivity contribution < 1.29 is 9.59 Å². The van der Waals surface area contributed by atoms with Crippen LogP contribution in [0.3, 0.4) is 0 Å². The number of hydrogen-bond acceptors (Lipinski definition) is 7. The lowest BCUT2D eigenvalue weighted by Crippen LogP contribution is -2.33. The molecule has 0 saturated carbocycles. The SMILES string of the molecule is CN(CCNC(=O)c1ccc[nH]1)c1nc(N)c(C(=O)N=N)nc1Cl. The number of halogens is 1. The summed E-state index contributed by atoms with van der Waals surface area (Å²) >= 11 is 6.00. The van der Waals surface area contributed by atoms with Crippen LogP contribution in [0.15, 0.2) is 23.4 Å². The van der Waals surface area contributed by atoms with Crippen LogP contribution in [0.2, 0.25) is 5.15 Å². The predicted molar refractivity (Wildman–Crippen MR) is 87.3 cm³/mol. The molecule has 0 fully saturated rings. The standard InChI is InChI=1S/C13H15ClN8O2/c1-22(6-5-18-12(23)7-3-2-4-17-7)11-9(14)19-8(10(15)20-11)13(24)21-16/h2-4,16-17H,5-6H2,1H3,(H2,15,20)(H,18,23). The summed E-state index contributed by atoms with van der Waals surface area (Å²) in [5.41, 5.74) is 12.5. The molecular formula is C13H15ClN8O2. The Balaban J connectivity index is 2.00. The molecule has 0 aliphatic carbocycles. The van der Waals surface area contributed by atoms with Crippen LogP contribution in [0, 0.1) is 5.53 Å². The molecule has 0 unspecified atom stereocenters. The van der Waals surface area contributed by atoms with E-state index in [-0.39, 0.29) is 28.4 Å². The van der Waals surface area contributed by atoms with Crippen molar-refractivity contribution in [1.82, 2.24) is 20.3 Å². The molecule has 0 aliphatic heterocycles. The molecule has 2 aromatic heterocycles. The van der Waals surface area contributed by atoms with Gasteiger partial charge < -0.3 is 20.9 Å². The van der Waals surface area contributed by atoms with Crippen LogP contribution in [-0.2, 0) is 0 Å². The van der Waals surface area contributed by atoms with Crippen LogP contribution >= 0.6 is 11.6 Å². The van der Waals surface area contributed by atoms with Gasteiger partial charge in [-0.05, 0) is 12.1 Å². The maximum atomic E-state index is 11.8. The first-order valence-corrected chi connectivity index (χ1v) is 7.19. The van der Waals surface area contributed by atoms with Crippen molar-refractivity contribution in [1.29, 1.82) is 5.53 Å². The molecule has 0 bridgehead atoms. The molecule has 0 aliphatic rings. The third-order valence-electron chi connectivity index (χ3n) is 3.10. The highest BCUT2D eigenvalue weighted by Gasteiger charge is 2.18. The zero-order chi connectivity index (χ0) is 17.7. The number of carbonyl (C=O) groups is 2. The van der Waals surface area contributed by atoms with E-state index in [1.54, 1.807) is 30.3 Å². The maximum Gasteiger partial charge on any atom is 0.317 e. The molecular weight excluding hydrogens is 336 g/mol. The highest BCUT2D eigenvalue weighted by Crippen LogP contribution is 2.23. The fourth-order valence-electron chi connectivity index (χ4n) is 1.88. The van der Waals surface area contributed by atoms with E-state index in [4.69, 9.17) is 22.9 Å². The number of rotatable bonds is 6. The van der Waals surface area contributed by atoms with Crippen molar-refractivity contribution in [2.24, 2.45) is 5.11 Å². The largest absolute Gasteiger partial charge is 0.382 e. The van der Waals surface area contributed by atoms with Crippen molar-refractivity contribution in [3.05, 3.63) is 34.9 Å². The Bertz CT molecular complexity index is 762. The zero-order valence-electron chi connectivity index (χ0n) is 12.7. The molecule has 0 atom stereocenters. The zero-order valence-corrected chi connectivity index (χ0v) is 13.5. The summed E-state index contributed by atoms with van der Waals surface area (Å²) in [5, 5.41) is 5.42. The van der Waals surface area contributed by atoms with Gasteiger partial charge >= 0.3 is 5.91 Å². The quantitative estimate of drug-likeness (QED) is 0.571. The van der Waals surface area contributed by atoms with Gasteiger partial charge in [-0.15, -0.1) is 5.11 Å². The molecule has 2 aromatic rings. The van der Waals surface area contributed by atoms with Crippen LogP contribution in [0.4, 0.5) is 11.6 Å². The fourth-order valence-corrected chi connectivity index (χ4v) is 2.15. The first-order chi connectivity index (χ1) is 11.4. The number of nitrogens with two attached hydrogens (primary N) is 1. The minimum Gasteiger partial charge on any atom is -0.382 e. The molecule has 5 N–H and O–H groups in total. The Labute approximate surface area is 141 Å². The van der Waals surface area contributed by atoms with E-state index in [9.17, 15) is 9.59 Å². The summed E-state index contributed by atoms with van der Waals surface area (Å²) in [6, 6.07) is 3.39. The normalized spacial score (nSPS) is 10.2. The summed E-state index contributed by atoms with van der Waals surface area (Å²) in [5.74, 6) is -1.07. The smallest absolute Gasteiger partial charge is 0.317 e. The number of nitrogens with zero attached hydrogens (tertiary/aromatic N) is 4. The van der Waals surface area contributed by atoms with Gasteiger partial charge in [0.1, 0.15) is 5.69 Å². The lowest BCUT2D eigenvalue weighted by Gasteiger charge is -2.19. The Morgan fingerprint density at radius 1 is 1.50 bits per heavy atom. The number of nitrogens with one attached hydrogen (secondary N) is 3. The number of aromatic amines is 1. The number of carbonyl (C=O) groups excluding carboxylic acids is 2. The Kier molecular flexibility index (Phi) is 5.42. The monoisotopic (exact) mass is 350 g/mol. The van der Waals surface area contributed by atoms with E-state index in [1.165, 1.54) is 0 Å². The van der Waals surface area contributed by atoms with Crippen LogP contribution in [0.5, 0.6) is 0 Å². The number of anilines is 2. The molecule has 2 amide bonds. The lowest BCUT2D eigenvalue weighted by atomic mass is 10.4. The molecule has 0 aromatic carbocycles. The average Bonchev–Trinajstić information content (AvgIpc) is 3.10. The second-order valence-corrected chi connectivity index (χ2v) is 5.11. The average molecular weight is 351 g/mol. The first-order valence-electron chi connectivity index (χ1n) is 6.81. The Hall–Kier alpha value is -3.01. The van der Waals surface area contributed by atoms with Gasteiger partial charge in [-0.1, -0.05) is 11.6 Å². The van der Waals surface area contributed by atoms with E-state index in [1.807, 2.05) is 0 Å². The summed E-state index contributed by atoms with van der Waals surface area (Å²) in [6.07, 6.45) is 1.66. The molecule has 0 spiro atoms. The van der Waals surface area contributed by atoms with Gasteiger partial charge in [-0.2, -0.15) is 0 Å². The minimum atomic E-state index is -0.922. The minimum absolute atomic E-state index is 0.0469. The first kappa shape index (κ1) is 17.3. The van der Waals surface area contributed by atoms with E-state index in [0.717, 1.165) is 0 Å². The van der Waals surface area contributed by atoms with E-state index < -0.39 is 5.91 Å². The van der Waals surface area contributed by atoms with Gasteiger partial charge in [0.05, 0.1) is 0 Å². The third kappa shape index (κ3) is 3.84. The van der Waals surface area contributed by atoms with Gasteiger partial charge in [-0.3, -0.25) is 9.59 Å². The highest BCUT2D eigenvalue weighted by molar-refractivity contribution is 6.32. The number of H-pyrrole nitrogens is 1. The Morgan fingerprint density at radius 2 is 2.25 bits per heavy atom. The van der Waals surface area contributed by atoms with Gasteiger partial charge in [0.15, 0.2) is 22.5 Å². The van der Waals surface area contributed by atoms with Crippen molar-refractivity contribution in [3.8, 4) is 0 Å². The van der Waals surface area contributed by atoms with Crippen LogP contribution in [0.1, 0.15) is 21.0 Å². The summed E-state index contributed by atoms with van der Waals surface area (Å²) in [7, 11) is 1.69. The number of hydrogen-bond donors (Lipinski definition) is 4. The Morgan fingerprint density at radius 3 is 2.88 bits per heavy atom. The van der Waals surface area contributed by atoms with Crippen molar-refractivity contribution in [3.63, 3.8) is 0 Å². The second kappa shape index (κ2) is 7.51. The molecule has 0 radical (unpaired) electrons. The van der Waals surface area contributed by atoms with E-state index in [2.05, 4.69) is 25.4 Å². The highest BCUT2D eigenvalue weighted by atomic mass is 35.5. The van der Waals surface area contributed by atoms with Gasteiger partial charge in [0.25, 0.3) is 5.91 Å². The predicted octanol–water partition coefficient (Wildman–Crippen LogP) is 1.08. The summed E-state index contributed by atoms with van der Waals surface area (Å²) in [6.45, 7) is 0.714. The molecule has 0 saturated heterocycles. The van der Waals surface area contributed by atoms with Gasteiger partial charge in [-0.25, -0.2) is 15.5 Å². The third-order valence-corrected chi connectivity index (χ3v) is 3.36. The van der Waals surface area contributed by atoms with E-state index in [0.29, 0.717) is 18.8 Å². The van der Waals surface area contributed by atoms with Gasteiger partial charge in [0.2, 0.25) is 0 Å². The molecule has 24 heavy (non-hydrogen) atoms. The lowest BCUT2D eigenvalue weighted by molar-refractivity contribution is 0.0948. The summed E-state index contributed by atoms with van der Waals surface area (Å²) < 4.78 is 0. The van der Waals surface area contributed by atoms with Crippen LogP contribution in [-0.4, -0.2) is 46.9 Å². The number of likely N-dealkylation sites (N-methyl/N-ethyl adjacent to an activating group) is 1. The van der Waals surface area contributed by atoms with Crippen LogP contribution in [0.25, 0.3) is 0 Å². The molecule has 11 heteroatoms. The molecule has 10 nitrogen and oxygen atoms in total. The van der Waals surface area contributed by atoms with Crippen LogP contribution < -0.4 is 16.0 Å². The molecule has 126 valence electrons. The van der Waals surface area contributed by atoms with Crippen molar-refractivity contribution in [2.45, 2.75) is 0 Å². The summed E-state index contributed by atoms with van der Waals surface area (Å²) in [4.78, 5) is 35.4. The topological polar surface area (TPSA) is 153 Å². The second-order valence-electron chi connectivity index (χ2n) is 4.75. The van der Waals surface area contributed by atoms with Crippen molar-refractivity contribution >= 4 is 35.1 Å². The van der Waals surface area contributed by atoms with Crippen molar-refractivity contribution in [2.75, 3.05) is 30.8 Å². The maximum absolute atomic E-state index is 11.8. The number of nitrogen functional groups attached to an aromatic ring is 1.